The van der Waals surface area contributed by atoms with Crippen LogP contribution in [-0.4, -0.2) is 54.0 Å². The normalized spacial score (nSPS) is 15.7. The Bertz CT molecular complexity index is 434. The smallest absolute Gasteiger partial charge is 0.317 e. The maximum Gasteiger partial charge on any atom is 0.317 e. The van der Waals surface area contributed by atoms with E-state index in [4.69, 9.17) is 4.42 Å². The third-order valence-electron chi connectivity index (χ3n) is 3.00. The number of hydrogen-bond acceptors (Lipinski definition) is 3. The summed E-state index contributed by atoms with van der Waals surface area (Å²) in [6, 6.07) is 3.40. The molecule has 0 atom stereocenters. The lowest BCUT2D eigenvalue weighted by atomic mass is 10.3. The molecule has 0 unspecified atom stereocenters. The monoisotopic (exact) mass is 265 g/mol. The molecule has 0 bridgehead atoms. The van der Waals surface area contributed by atoms with Crippen LogP contribution in [0.2, 0.25) is 0 Å². The topological polar surface area (TPSA) is 65.8 Å². The molecule has 1 aromatic heterocycles. The molecule has 1 N–H and O–H groups in total. The summed E-state index contributed by atoms with van der Waals surface area (Å²) >= 11 is 0. The zero-order valence-electron chi connectivity index (χ0n) is 11.3. The molecule has 19 heavy (non-hydrogen) atoms. The number of nitrogens with one attached hydrogen (secondary N) is 1. The zero-order chi connectivity index (χ0) is 13.8. The third-order valence-corrected chi connectivity index (χ3v) is 3.00. The van der Waals surface area contributed by atoms with Crippen LogP contribution in [0.4, 0.5) is 4.79 Å². The number of piperazine rings is 1. The fourth-order valence-electron chi connectivity index (χ4n) is 2.01. The highest BCUT2D eigenvalue weighted by atomic mass is 16.3. The first kappa shape index (κ1) is 13.5. The minimum absolute atomic E-state index is 0.0694. The van der Waals surface area contributed by atoms with Crippen LogP contribution < -0.4 is 5.32 Å². The molecular weight excluding hydrogens is 246 g/mol. The van der Waals surface area contributed by atoms with Crippen LogP contribution in [0.3, 0.4) is 0 Å². The molecule has 2 rings (SSSR count). The number of amides is 3. The Balaban J connectivity index is 1.86. The molecule has 0 saturated carbocycles. The van der Waals surface area contributed by atoms with Gasteiger partial charge in [0.15, 0.2) is 5.76 Å². The molecule has 6 heteroatoms. The van der Waals surface area contributed by atoms with Gasteiger partial charge < -0.3 is 19.5 Å². The van der Waals surface area contributed by atoms with Gasteiger partial charge in [0.25, 0.3) is 5.91 Å². The van der Waals surface area contributed by atoms with Crippen LogP contribution in [0.5, 0.6) is 0 Å². The Morgan fingerprint density at radius 3 is 2.37 bits per heavy atom. The summed E-state index contributed by atoms with van der Waals surface area (Å²) in [5.41, 5.74) is 0. The van der Waals surface area contributed by atoms with Crippen molar-refractivity contribution >= 4 is 11.9 Å². The lowest BCUT2D eigenvalue weighted by Gasteiger charge is -2.34. The van der Waals surface area contributed by atoms with E-state index >= 15 is 0 Å². The van der Waals surface area contributed by atoms with Gasteiger partial charge in [-0.3, -0.25) is 4.79 Å². The summed E-state index contributed by atoms with van der Waals surface area (Å²) in [4.78, 5) is 27.3. The molecule has 3 amide bonds. The second kappa shape index (κ2) is 5.77. The van der Waals surface area contributed by atoms with Gasteiger partial charge in [-0.25, -0.2) is 4.79 Å². The van der Waals surface area contributed by atoms with E-state index in [2.05, 4.69) is 5.32 Å². The number of carbonyl (C=O) groups excluding carboxylic acids is 2. The second-order valence-electron chi connectivity index (χ2n) is 4.86. The zero-order valence-corrected chi connectivity index (χ0v) is 11.3. The van der Waals surface area contributed by atoms with E-state index < -0.39 is 0 Å². The number of furan rings is 1. The van der Waals surface area contributed by atoms with Crippen molar-refractivity contribution in [3.05, 3.63) is 24.2 Å². The van der Waals surface area contributed by atoms with E-state index in [9.17, 15) is 9.59 Å². The van der Waals surface area contributed by atoms with E-state index in [1.165, 1.54) is 6.26 Å². The van der Waals surface area contributed by atoms with Gasteiger partial charge in [0, 0.05) is 32.2 Å². The van der Waals surface area contributed by atoms with Crippen LogP contribution in [0.25, 0.3) is 0 Å². The SMILES string of the molecule is CC(C)NC(=O)N1CCN(C(=O)c2ccco2)CC1. The van der Waals surface area contributed by atoms with E-state index in [-0.39, 0.29) is 18.0 Å². The van der Waals surface area contributed by atoms with Crippen LogP contribution in [0.1, 0.15) is 24.4 Å². The lowest BCUT2D eigenvalue weighted by molar-refractivity contribution is 0.0633. The van der Waals surface area contributed by atoms with Crippen molar-refractivity contribution in [3.8, 4) is 0 Å². The number of urea groups is 1. The highest BCUT2D eigenvalue weighted by molar-refractivity contribution is 5.91. The highest BCUT2D eigenvalue weighted by Crippen LogP contribution is 2.09. The summed E-state index contributed by atoms with van der Waals surface area (Å²) in [5, 5.41) is 2.85. The van der Waals surface area contributed by atoms with Gasteiger partial charge in [-0.2, -0.15) is 0 Å². The first-order valence-electron chi connectivity index (χ1n) is 6.46. The first-order chi connectivity index (χ1) is 9.08. The van der Waals surface area contributed by atoms with Gasteiger partial charge in [-0.15, -0.1) is 0 Å². The lowest BCUT2D eigenvalue weighted by Crippen LogP contribution is -2.54. The van der Waals surface area contributed by atoms with Crippen molar-refractivity contribution in [2.24, 2.45) is 0 Å². The maximum absolute atomic E-state index is 12.0. The number of nitrogens with zero attached hydrogens (tertiary/aromatic N) is 2. The summed E-state index contributed by atoms with van der Waals surface area (Å²) in [5.74, 6) is 0.231. The predicted octanol–water partition coefficient (Wildman–Crippen LogP) is 1.16. The standard InChI is InChI=1S/C13H19N3O3/c1-10(2)14-13(18)16-7-5-15(6-8-16)12(17)11-4-3-9-19-11/h3-4,9-10H,5-8H2,1-2H3,(H,14,18). The third kappa shape index (κ3) is 3.27. The largest absolute Gasteiger partial charge is 0.459 e. The van der Waals surface area contributed by atoms with Crippen molar-refractivity contribution in [1.82, 2.24) is 15.1 Å². The van der Waals surface area contributed by atoms with Crippen molar-refractivity contribution < 1.29 is 14.0 Å². The molecule has 104 valence electrons. The van der Waals surface area contributed by atoms with Crippen molar-refractivity contribution in [2.75, 3.05) is 26.2 Å². The fraction of sp³-hybridized carbons (Fsp3) is 0.538. The Kier molecular flexibility index (Phi) is 4.09. The van der Waals surface area contributed by atoms with Crippen LogP contribution in [-0.2, 0) is 0 Å². The second-order valence-corrected chi connectivity index (χ2v) is 4.86. The summed E-state index contributed by atoms with van der Waals surface area (Å²) in [6.07, 6.45) is 1.49. The van der Waals surface area contributed by atoms with Gasteiger partial charge in [-0.05, 0) is 26.0 Å². The van der Waals surface area contributed by atoms with Gasteiger partial charge >= 0.3 is 6.03 Å². The molecule has 1 aliphatic heterocycles. The molecule has 0 aliphatic carbocycles. The molecule has 1 aromatic rings. The maximum atomic E-state index is 12.0. The molecule has 0 aromatic carbocycles. The fourth-order valence-corrected chi connectivity index (χ4v) is 2.01. The Labute approximate surface area is 112 Å². The number of rotatable bonds is 2. The summed E-state index contributed by atoms with van der Waals surface area (Å²) < 4.78 is 5.09. The molecule has 2 heterocycles. The number of carbonyl (C=O) groups is 2. The van der Waals surface area contributed by atoms with Crippen molar-refractivity contribution in [1.29, 1.82) is 0 Å². The highest BCUT2D eigenvalue weighted by Gasteiger charge is 2.25. The molecule has 1 aliphatic rings. The average molecular weight is 265 g/mol. The molecular formula is C13H19N3O3. The predicted molar refractivity (Wildman–Crippen MR) is 69.9 cm³/mol. The molecule has 0 spiro atoms. The van der Waals surface area contributed by atoms with Gasteiger partial charge in [0.05, 0.1) is 6.26 Å². The molecule has 0 radical (unpaired) electrons. The van der Waals surface area contributed by atoms with Gasteiger partial charge in [0.1, 0.15) is 0 Å². The molecule has 1 fully saturated rings. The Hall–Kier alpha value is -1.98. The average Bonchev–Trinajstić information content (AvgIpc) is 2.91. The van der Waals surface area contributed by atoms with E-state index in [0.717, 1.165) is 0 Å². The quantitative estimate of drug-likeness (QED) is 0.872. The Morgan fingerprint density at radius 2 is 1.84 bits per heavy atom. The Morgan fingerprint density at radius 1 is 1.21 bits per heavy atom. The van der Waals surface area contributed by atoms with Crippen molar-refractivity contribution in [2.45, 2.75) is 19.9 Å². The van der Waals surface area contributed by atoms with Crippen LogP contribution in [0, 0.1) is 0 Å². The molecule has 6 nitrogen and oxygen atoms in total. The van der Waals surface area contributed by atoms with Crippen LogP contribution >= 0.6 is 0 Å². The van der Waals surface area contributed by atoms with E-state index in [1.54, 1.807) is 21.9 Å². The minimum atomic E-state index is -0.117. The summed E-state index contributed by atoms with van der Waals surface area (Å²) in [6.45, 7) is 6.01. The van der Waals surface area contributed by atoms with Gasteiger partial charge in [0.2, 0.25) is 0 Å². The first-order valence-corrected chi connectivity index (χ1v) is 6.46. The van der Waals surface area contributed by atoms with Crippen molar-refractivity contribution in [3.63, 3.8) is 0 Å². The van der Waals surface area contributed by atoms with Crippen LogP contribution in [0.15, 0.2) is 22.8 Å². The van der Waals surface area contributed by atoms with E-state index in [0.29, 0.717) is 31.9 Å². The molecule has 1 saturated heterocycles. The number of hydrogen-bond donors (Lipinski definition) is 1. The summed E-state index contributed by atoms with van der Waals surface area (Å²) in [7, 11) is 0. The minimum Gasteiger partial charge on any atom is -0.459 e. The van der Waals surface area contributed by atoms with E-state index in [1.807, 2.05) is 13.8 Å². The van der Waals surface area contributed by atoms with Gasteiger partial charge in [-0.1, -0.05) is 0 Å².